The molecule has 0 aliphatic rings. The van der Waals surface area contributed by atoms with Crippen molar-refractivity contribution in [1.29, 1.82) is 0 Å². The van der Waals surface area contributed by atoms with Crippen LogP contribution in [0.15, 0.2) is 44.7 Å². The number of nitrogens with zero attached hydrogens (tertiary/aromatic N) is 5. The van der Waals surface area contributed by atoms with Crippen LogP contribution in [0.5, 0.6) is 0 Å². The number of alkyl halides is 3. The predicted molar refractivity (Wildman–Crippen MR) is 118 cm³/mol. The first-order valence-electron chi connectivity index (χ1n) is 10.1. The van der Waals surface area contributed by atoms with Gasteiger partial charge in [0.05, 0.1) is 23.4 Å². The van der Waals surface area contributed by atoms with Gasteiger partial charge in [0.1, 0.15) is 12.3 Å². The smallest absolute Gasteiger partial charge is 0.429 e. The predicted octanol–water partition coefficient (Wildman–Crippen LogP) is 4.74. The summed E-state index contributed by atoms with van der Waals surface area (Å²) in [4.78, 5) is 21.8. The number of benzene rings is 1. The van der Waals surface area contributed by atoms with Crippen LogP contribution >= 0.6 is 0 Å². The minimum Gasteiger partial charge on any atom is -0.474 e. The second kappa shape index (κ2) is 10.9. The summed E-state index contributed by atoms with van der Waals surface area (Å²) in [6, 6.07) is 4.82. The Labute approximate surface area is 189 Å². The minimum absolute atomic E-state index is 0.0359. The number of aliphatic imine (C=N–C) groups is 2. The third-order valence-corrected chi connectivity index (χ3v) is 4.78. The highest BCUT2D eigenvalue weighted by Crippen LogP contribution is 2.28. The molecule has 0 spiro atoms. The zero-order valence-electron chi connectivity index (χ0n) is 19.1. The van der Waals surface area contributed by atoms with Crippen molar-refractivity contribution in [1.82, 2.24) is 15.1 Å². The number of aromatic nitrogens is 2. The molecule has 178 valence electrons. The zero-order chi connectivity index (χ0) is 24.8. The van der Waals surface area contributed by atoms with Crippen molar-refractivity contribution >= 4 is 18.3 Å². The summed E-state index contributed by atoms with van der Waals surface area (Å²) in [7, 11) is 0. The van der Waals surface area contributed by atoms with Gasteiger partial charge in [-0.25, -0.2) is 4.99 Å². The summed E-state index contributed by atoms with van der Waals surface area (Å²) in [5, 5.41) is 7.88. The van der Waals surface area contributed by atoms with E-state index in [2.05, 4.69) is 26.9 Å². The Morgan fingerprint density at radius 2 is 2.03 bits per heavy atom. The van der Waals surface area contributed by atoms with Gasteiger partial charge in [0.2, 0.25) is 17.7 Å². The van der Waals surface area contributed by atoms with Crippen molar-refractivity contribution in [3.63, 3.8) is 0 Å². The van der Waals surface area contributed by atoms with Crippen LogP contribution < -0.4 is 0 Å². The van der Waals surface area contributed by atoms with Crippen molar-refractivity contribution in [3.05, 3.63) is 47.3 Å². The Hall–Kier alpha value is -3.50. The Morgan fingerprint density at radius 1 is 1.33 bits per heavy atom. The van der Waals surface area contributed by atoms with E-state index in [0.29, 0.717) is 23.6 Å². The minimum atomic E-state index is -4.55. The lowest BCUT2D eigenvalue weighted by molar-refractivity contribution is -0.0592. The Balaban J connectivity index is 2.23. The van der Waals surface area contributed by atoms with Gasteiger partial charge in [-0.1, -0.05) is 12.1 Å². The molecule has 8 nitrogen and oxygen atoms in total. The molecule has 33 heavy (non-hydrogen) atoms. The summed E-state index contributed by atoms with van der Waals surface area (Å²) in [6.07, 6.45) is -3.71. The highest BCUT2D eigenvalue weighted by atomic mass is 19.4. The standard InChI is InChI=1S/C22H26F3N5O3/c1-7-30(14(3)12-32-18(26-6)11-27-15(4)22(23,24)25)21(31)17-10-8-9-13(2)19(17)20-29-28-16(5)33-20/h8-11,14H,6-7,12H2,1-5H3/b18-11+,27-15?/t14-/m0/s1. The molecule has 1 heterocycles. The number of hydrogen-bond donors (Lipinski definition) is 0. The van der Waals surface area contributed by atoms with Crippen LogP contribution in [0.25, 0.3) is 11.5 Å². The van der Waals surface area contributed by atoms with E-state index in [1.54, 1.807) is 37.8 Å². The molecule has 0 N–H and O–H groups in total. The van der Waals surface area contributed by atoms with Crippen LogP contribution in [0.3, 0.4) is 0 Å². The lowest BCUT2D eigenvalue weighted by Crippen LogP contribution is -2.41. The van der Waals surface area contributed by atoms with E-state index in [0.717, 1.165) is 18.7 Å². The molecule has 2 aromatic rings. The van der Waals surface area contributed by atoms with E-state index in [1.165, 1.54) is 0 Å². The topological polar surface area (TPSA) is 93.2 Å². The van der Waals surface area contributed by atoms with E-state index in [4.69, 9.17) is 9.15 Å². The molecule has 1 aromatic heterocycles. The third kappa shape index (κ3) is 6.50. The van der Waals surface area contributed by atoms with E-state index in [9.17, 15) is 18.0 Å². The summed E-state index contributed by atoms with van der Waals surface area (Å²) in [5.74, 6) is 0.144. The fraction of sp³-hybridized carbons (Fsp3) is 0.409. The summed E-state index contributed by atoms with van der Waals surface area (Å²) >= 11 is 0. The average Bonchev–Trinajstić information content (AvgIpc) is 3.18. The number of hydrogen-bond acceptors (Lipinski definition) is 7. The number of likely N-dealkylation sites (N-methyl/N-ethyl adjacent to an activating group) is 1. The maximum atomic E-state index is 13.4. The fourth-order valence-corrected chi connectivity index (χ4v) is 2.98. The first-order chi connectivity index (χ1) is 15.5. The average molecular weight is 465 g/mol. The number of amides is 1. The number of aryl methyl sites for hydroxylation is 2. The number of ether oxygens (including phenoxy) is 1. The van der Waals surface area contributed by atoms with Gasteiger partial charge in [-0.3, -0.25) is 9.79 Å². The number of carbonyl (C=O) groups is 1. The second-order valence-electron chi connectivity index (χ2n) is 7.21. The lowest BCUT2D eigenvalue weighted by atomic mass is 10.00. The highest BCUT2D eigenvalue weighted by Gasteiger charge is 2.31. The SMILES string of the molecule is C=N/C(=C\N=C(C)C(F)(F)F)OC[C@H](C)N(CC)C(=O)c1cccc(C)c1-c1nnc(C)o1. The van der Waals surface area contributed by atoms with Crippen LogP contribution in [0, 0.1) is 13.8 Å². The third-order valence-electron chi connectivity index (χ3n) is 4.78. The van der Waals surface area contributed by atoms with Gasteiger partial charge >= 0.3 is 6.18 Å². The van der Waals surface area contributed by atoms with Crippen LogP contribution in [-0.2, 0) is 4.74 Å². The van der Waals surface area contributed by atoms with E-state index in [1.807, 2.05) is 13.0 Å². The van der Waals surface area contributed by atoms with Crippen LogP contribution in [-0.4, -0.2) is 58.8 Å². The van der Waals surface area contributed by atoms with Gasteiger partial charge in [0, 0.05) is 13.5 Å². The van der Waals surface area contributed by atoms with Gasteiger partial charge in [0.25, 0.3) is 5.91 Å². The molecule has 0 aliphatic heterocycles. The molecule has 2 rings (SSSR count). The molecule has 0 saturated heterocycles. The van der Waals surface area contributed by atoms with E-state index in [-0.39, 0.29) is 24.3 Å². The first kappa shape index (κ1) is 25.8. The summed E-state index contributed by atoms with van der Waals surface area (Å²) < 4.78 is 48.8. The molecular formula is C22H26F3N5O3. The van der Waals surface area contributed by atoms with Gasteiger partial charge in [-0.05, 0) is 46.0 Å². The number of rotatable bonds is 9. The monoisotopic (exact) mass is 465 g/mol. The molecule has 0 bridgehead atoms. The Bertz CT molecular complexity index is 1060. The van der Waals surface area contributed by atoms with Gasteiger partial charge in [0.15, 0.2) is 0 Å². The number of carbonyl (C=O) groups excluding carboxylic acids is 1. The maximum absolute atomic E-state index is 13.4. The quantitative estimate of drug-likeness (QED) is 0.394. The molecule has 0 saturated carbocycles. The highest BCUT2D eigenvalue weighted by molar-refractivity contribution is 6.00. The molecule has 1 atom stereocenters. The molecule has 0 aliphatic carbocycles. The second-order valence-corrected chi connectivity index (χ2v) is 7.21. The zero-order valence-corrected chi connectivity index (χ0v) is 19.1. The van der Waals surface area contributed by atoms with E-state index >= 15 is 0 Å². The fourth-order valence-electron chi connectivity index (χ4n) is 2.98. The maximum Gasteiger partial charge on any atom is 0.429 e. The Kier molecular flexibility index (Phi) is 8.50. The molecule has 0 fully saturated rings. The molecule has 1 aromatic carbocycles. The molecule has 0 unspecified atom stereocenters. The summed E-state index contributed by atoms with van der Waals surface area (Å²) in [6.45, 7) is 11.5. The lowest BCUT2D eigenvalue weighted by Gasteiger charge is -2.28. The van der Waals surface area contributed by atoms with Crippen molar-refractivity contribution < 1.29 is 27.1 Å². The van der Waals surface area contributed by atoms with Crippen LogP contribution in [0.1, 0.15) is 42.6 Å². The van der Waals surface area contributed by atoms with Crippen LogP contribution in [0.4, 0.5) is 13.2 Å². The van der Waals surface area contributed by atoms with Crippen molar-refractivity contribution in [2.45, 2.75) is 46.8 Å². The van der Waals surface area contributed by atoms with Crippen molar-refractivity contribution in [2.24, 2.45) is 9.98 Å². The largest absolute Gasteiger partial charge is 0.474 e. The van der Waals surface area contributed by atoms with Gasteiger partial charge in [-0.2, -0.15) is 13.2 Å². The summed E-state index contributed by atoms with van der Waals surface area (Å²) in [5.41, 5.74) is 0.674. The molecular weight excluding hydrogens is 439 g/mol. The van der Waals surface area contributed by atoms with Crippen LogP contribution in [0.2, 0.25) is 0 Å². The molecule has 11 heteroatoms. The van der Waals surface area contributed by atoms with Crippen molar-refractivity contribution in [3.8, 4) is 11.5 Å². The van der Waals surface area contributed by atoms with E-state index < -0.39 is 17.9 Å². The first-order valence-corrected chi connectivity index (χ1v) is 10.1. The normalized spacial score (nSPS) is 13.6. The molecule has 0 radical (unpaired) electrons. The van der Waals surface area contributed by atoms with Gasteiger partial charge in [-0.15, -0.1) is 10.2 Å². The van der Waals surface area contributed by atoms with Gasteiger partial charge < -0.3 is 14.1 Å². The number of halogens is 3. The van der Waals surface area contributed by atoms with Crippen molar-refractivity contribution in [2.75, 3.05) is 13.2 Å². The Morgan fingerprint density at radius 3 is 2.58 bits per heavy atom. The molecule has 1 amide bonds.